The fourth-order valence-corrected chi connectivity index (χ4v) is 8.42. The second-order valence-corrected chi connectivity index (χ2v) is 13.8. The summed E-state index contributed by atoms with van der Waals surface area (Å²) in [6.45, 7) is 0.0102. The van der Waals surface area contributed by atoms with E-state index in [9.17, 15) is 53.1 Å². The zero-order chi connectivity index (χ0) is 38.3. The maximum absolute atomic E-state index is 14.7. The van der Waals surface area contributed by atoms with E-state index in [2.05, 4.69) is 10.1 Å². The Hall–Kier alpha value is -3.18. The molecule has 0 spiro atoms. The number of carbonyl (C=O) groups excluding carboxylic acids is 1. The van der Waals surface area contributed by atoms with E-state index in [-0.39, 0.29) is 55.1 Å². The predicted octanol–water partition coefficient (Wildman–Crippen LogP) is 8.94. The number of benzene rings is 2. The van der Waals surface area contributed by atoms with E-state index in [4.69, 9.17) is 14.6 Å². The second-order valence-electron chi connectivity index (χ2n) is 13.8. The SMILES string of the molecule is C[C@]12CC[C@@H]3c4ccc(Oc5cc(F)c(C(=O)NCCCO)c(F)c5)cc4CC[C@H]3[C@@H]1CC[C@@H]2OCCCOC(C(F)(F)F)(C(F)(F)F)C(F)(F)F. The van der Waals surface area contributed by atoms with Crippen molar-refractivity contribution >= 4 is 5.91 Å². The number of fused-ring (bicyclic) bond motifs is 5. The molecule has 0 radical (unpaired) electrons. The van der Waals surface area contributed by atoms with Gasteiger partial charge in [0.2, 0.25) is 0 Å². The van der Waals surface area contributed by atoms with Crippen LogP contribution in [0.15, 0.2) is 30.3 Å². The Morgan fingerprint density at radius 3 is 2.13 bits per heavy atom. The van der Waals surface area contributed by atoms with Crippen molar-refractivity contribution in [1.29, 1.82) is 0 Å². The van der Waals surface area contributed by atoms with Crippen LogP contribution in [-0.2, 0) is 15.9 Å². The zero-order valence-corrected chi connectivity index (χ0v) is 27.9. The fraction of sp³-hybridized carbons (Fsp3) is 0.629. The molecule has 1 amide bonds. The third-order valence-electron chi connectivity index (χ3n) is 10.8. The molecule has 0 unspecified atom stereocenters. The maximum atomic E-state index is 14.7. The highest BCUT2D eigenvalue weighted by Crippen LogP contribution is 2.62. The third-order valence-corrected chi connectivity index (χ3v) is 10.8. The van der Waals surface area contributed by atoms with Crippen molar-refractivity contribution in [1.82, 2.24) is 5.32 Å². The third kappa shape index (κ3) is 7.46. The number of aryl methyl sites for hydroxylation is 1. The van der Waals surface area contributed by atoms with Crippen LogP contribution in [0.2, 0.25) is 0 Å². The number of aliphatic hydroxyl groups is 1. The molecule has 17 heteroatoms. The number of alkyl halides is 9. The first-order valence-electron chi connectivity index (χ1n) is 16.9. The van der Waals surface area contributed by atoms with Crippen molar-refractivity contribution in [3.8, 4) is 11.5 Å². The lowest BCUT2D eigenvalue weighted by Crippen LogP contribution is -2.67. The van der Waals surface area contributed by atoms with Crippen LogP contribution in [0.3, 0.4) is 0 Å². The molecule has 2 aromatic carbocycles. The van der Waals surface area contributed by atoms with Crippen LogP contribution < -0.4 is 10.1 Å². The minimum Gasteiger partial charge on any atom is -0.457 e. The molecule has 0 heterocycles. The lowest BCUT2D eigenvalue weighted by atomic mass is 9.55. The van der Waals surface area contributed by atoms with E-state index < -0.39 is 66.4 Å². The number of rotatable bonds is 12. The number of hydrogen-bond donors (Lipinski definition) is 2. The van der Waals surface area contributed by atoms with Gasteiger partial charge in [-0.05, 0) is 97.8 Å². The first-order valence-corrected chi connectivity index (χ1v) is 16.9. The largest absolute Gasteiger partial charge is 0.457 e. The topological polar surface area (TPSA) is 77.0 Å². The summed E-state index contributed by atoms with van der Waals surface area (Å²) in [5.41, 5.74) is -5.34. The standard InChI is InChI=1S/C35H38F11NO5/c1-31-11-10-23-22-7-5-20(52-21-17-26(36)29(27(37)18-21)30(49)47-12-2-13-48)16-19(22)4-6-24(23)25(31)8-9-28(31)50-14-3-15-51-32(33(38,39)40,34(41,42)43)35(44,45)46/h5,7,16-18,23-25,28,48H,2-4,6,8-15H2,1H3,(H,47,49)/t23-,24-,25+,28+,31+/m1/s1. The van der Waals surface area contributed by atoms with Gasteiger partial charge in [0.1, 0.15) is 28.7 Å². The van der Waals surface area contributed by atoms with Gasteiger partial charge in [-0.3, -0.25) is 4.79 Å². The monoisotopic (exact) mass is 761 g/mol. The Bertz CT molecular complexity index is 1540. The number of hydrogen-bond acceptors (Lipinski definition) is 5. The van der Waals surface area contributed by atoms with Crippen molar-refractivity contribution in [2.45, 2.75) is 94.4 Å². The van der Waals surface area contributed by atoms with E-state index >= 15 is 0 Å². The molecule has 5 atom stereocenters. The molecule has 0 saturated heterocycles. The molecular weight excluding hydrogens is 723 g/mol. The molecule has 3 aliphatic rings. The van der Waals surface area contributed by atoms with Crippen molar-refractivity contribution in [2.24, 2.45) is 17.3 Å². The molecule has 5 rings (SSSR count). The van der Waals surface area contributed by atoms with Gasteiger partial charge in [0.05, 0.1) is 12.7 Å². The summed E-state index contributed by atoms with van der Waals surface area (Å²) in [5, 5.41) is 11.2. The van der Waals surface area contributed by atoms with Gasteiger partial charge in [-0.15, -0.1) is 0 Å². The van der Waals surface area contributed by atoms with E-state index in [0.29, 0.717) is 25.0 Å². The van der Waals surface area contributed by atoms with Crippen molar-refractivity contribution in [3.63, 3.8) is 0 Å². The summed E-state index contributed by atoms with van der Waals surface area (Å²) in [7, 11) is 0. The number of amides is 1. The average Bonchev–Trinajstić information content (AvgIpc) is 3.36. The highest BCUT2D eigenvalue weighted by atomic mass is 19.4. The summed E-state index contributed by atoms with van der Waals surface area (Å²) in [6.07, 6.45) is -16.9. The Morgan fingerprint density at radius 1 is 0.865 bits per heavy atom. The molecule has 2 N–H and O–H groups in total. The van der Waals surface area contributed by atoms with Crippen LogP contribution in [0, 0.1) is 28.9 Å². The van der Waals surface area contributed by atoms with Gasteiger partial charge < -0.3 is 24.6 Å². The number of ether oxygens (including phenoxy) is 3. The molecule has 52 heavy (non-hydrogen) atoms. The Kier molecular flexibility index (Phi) is 11.5. The van der Waals surface area contributed by atoms with Crippen molar-refractivity contribution in [2.75, 3.05) is 26.4 Å². The van der Waals surface area contributed by atoms with Crippen LogP contribution in [0.25, 0.3) is 0 Å². The molecule has 290 valence electrons. The smallest absolute Gasteiger partial charge is 0.435 e. The lowest BCUT2D eigenvalue weighted by molar-refractivity contribution is -0.457. The van der Waals surface area contributed by atoms with Crippen molar-refractivity contribution in [3.05, 3.63) is 58.7 Å². The minimum absolute atomic E-state index is 0.0407. The van der Waals surface area contributed by atoms with Gasteiger partial charge in [-0.25, -0.2) is 8.78 Å². The molecule has 2 saturated carbocycles. The molecular formula is C35H38F11NO5. The summed E-state index contributed by atoms with van der Waals surface area (Å²) in [5.74, 6) is -2.40. The quantitative estimate of drug-likeness (QED) is 0.167. The van der Waals surface area contributed by atoms with Gasteiger partial charge in [0.15, 0.2) is 0 Å². The molecule has 2 aromatic rings. The number of carbonyl (C=O) groups is 1. The van der Waals surface area contributed by atoms with Gasteiger partial charge in [0, 0.05) is 31.9 Å². The second kappa shape index (κ2) is 14.9. The number of aliphatic hydroxyl groups excluding tert-OH is 1. The summed E-state index contributed by atoms with van der Waals surface area (Å²) >= 11 is 0. The van der Waals surface area contributed by atoms with Crippen LogP contribution in [-0.4, -0.2) is 67.6 Å². The minimum atomic E-state index is -6.78. The van der Waals surface area contributed by atoms with Gasteiger partial charge in [-0.2, -0.15) is 39.5 Å². The maximum Gasteiger partial charge on any atom is 0.435 e. The molecule has 0 aromatic heterocycles. The molecule has 0 aliphatic heterocycles. The van der Waals surface area contributed by atoms with Crippen LogP contribution in [0.4, 0.5) is 48.3 Å². The highest BCUT2D eigenvalue weighted by Gasteiger charge is 2.85. The van der Waals surface area contributed by atoms with Crippen molar-refractivity contribution < 1.29 is 72.4 Å². The van der Waals surface area contributed by atoms with Gasteiger partial charge in [-0.1, -0.05) is 13.0 Å². The molecule has 2 fully saturated rings. The van der Waals surface area contributed by atoms with Gasteiger partial charge in [0.25, 0.3) is 5.91 Å². The normalized spacial score (nSPS) is 24.9. The number of halogens is 11. The van der Waals surface area contributed by atoms with Crippen LogP contribution in [0.5, 0.6) is 11.5 Å². The summed E-state index contributed by atoms with van der Waals surface area (Å²) < 4.78 is 163. The average molecular weight is 762 g/mol. The summed E-state index contributed by atoms with van der Waals surface area (Å²) in [4.78, 5) is 12.2. The van der Waals surface area contributed by atoms with Crippen LogP contribution in [0.1, 0.15) is 79.3 Å². The van der Waals surface area contributed by atoms with E-state index in [1.165, 1.54) is 0 Å². The fourth-order valence-electron chi connectivity index (χ4n) is 8.42. The lowest BCUT2D eigenvalue weighted by Gasteiger charge is -2.50. The first kappa shape index (κ1) is 40.0. The van der Waals surface area contributed by atoms with E-state index in [0.717, 1.165) is 42.5 Å². The van der Waals surface area contributed by atoms with E-state index in [1.54, 1.807) is 12.1 Å². The molecule has 0 bridgehead atoms. The highest BCUT2D eigenvalue weighted by molar-refractivity contribution is 5.94. The summed E-state index contributed by atoms with van der Waals surface area (Å²) in [6, 6.07) is 7.22. The van der Waals surface area contributed by atoms with E-state index in [1.807, 2.05) is 13.0 Å². The van der Waals surface area contributed by atoms with Gasteiger partial charge >= 0.3 is 24.1 Å². The first-order chi connectivity index (χ1) is 24.2. The number of nitrogens with one attached hydrogen (secondary N) is 1. The Morgan fingerprint density at radius 2 is 1.52 bits per heavy atom. The molecule has 3 aliphatic carbocycles. The zero-order valence-electron chi connectivity index (χ0n) is 27.9. The Balaban J connectivity index is 1.19. The molecule has 6 nitrogen and oxygen atoms in total. The Labute approximate surface area is 292 Å². The predicted molar refractivity (Wildman–Crippen MR) is 163 cm³/mol. The van der Waals surface area contributed by atoms with Crippen LogP contribution >= 0.6 is 0 Å².